The molecule has 0 aromatic rings. The SMILES string of the molecule is CCCCCCCCCC(=O)OCC1=C[C@H]2[C@@H]3C(C)(C)[C@]3(OC(=O)CCCCCCCCC)[C@H](OC(=O)CCCCCCCCC)[C@@H](C)[C@]2(OC(=O)CCCCCCCCC)[C@@H]2C=C(C)C(=O)[C@@]2(O)C1. The minimum atomic E-state index is -2.04. The van der Waals surface area contributed by atoms with Crippen molar-refractivity contribution in [2.75, 3.05) is 6.61 Å². The highest BCUT2D eigenvalue weighted by molar-refractivity contribution is 6.05. The van der Waals surface area contributed by atoms with E-state index >= 15 is 0 Å². The smallest absolute Gasteiger partial charge is 0.306 e. The molecular weight excluding hydrogens is 881 g/mol. The maximum Gasteiger partial charge on any atom is 0.306 e. The first-order valence-corrected chi connectivity index (χ1v) is 29.1. The van der Waals surface area contributed by atoms with E-state index in [1.807, 2.05) is 26.8 Å². The van der Waals surface area contributed by atoms with E-state index in [1.165, 1.54) is 57.8 Å². The van der Waals surface area contributed by atoms with Crippen molar-refractivity contribution in [3.05, 3.63) is 23.3 Å². The van der Waals surface area contributed by atoms with Crippen molar-refractivity contribution in [2.45, 2.75) is 290 Å². The summed E-state index contributed by atoms with van der Waals surface area (Å²) in [5.74, 6) is -5.10. The minimum absolute atomic E-state index is 0.129. The first-order chi connectivity index (χ1) is 33.6. The Morgan fingerprint density at radius 3 is 1.43 bits per heavy atom. The molecule has 10 nitrogen and oxygen atoms in total. The maximum absolute atomic E-state index is 14.6. The molecule has 1 N–H and O–H groups in total. The fourth-order valence-electron chi connectivity index (χ4n) is 12.8. The molecule has 0 aromatic carbocycles. The predicted molar refractivity (Wildman–Crippen MR) is 279 cm³/mol. The Morgan fingerprint density at radius 1 is 0.571 bits per heavy atom. The fourth-order valence-corrected chi connectivity index (χ4v) is 12.8. The molecule has 4 rings (SSSR count). The van der Waals surface area contributed by atoms with Crippen LogP contribution in [0, 0.1) is 29.1 Å². The van der Waals surface area contributed by atoms with Crippen molar-refractivity contribution in [1.82, 2.24) is 0 Å². The van der Waals surface area contributed by atoms with Crippen LogP contribution in [0.2, 0.25) is 0 Å². The highest BCUT2D eigenvalue weighted by Crippen LogP contribution is 2.78. The third-order valence-electron chi connectivity index (χ3n) is 16.9. The van der Waals surface area contributed by atoms with E-state index in [-0.39, 0.29) is 50.6 Å². The van der Waals surface area contributed by atoms with Gasteiger partial charge in [-0.2, -0.15) is 0 Å². The Hall–Kier alpha value is -3.01. The van der Waals surface area contributed by atoms with E-state index in [4.69, 9.17) is 18.9 Å². The molecule has 2 fully saturated rings. The number of hydrogen-bond donors (Lipinski definition) is 1. The van der Waals surface area contributed by atoms with E-state index in [0.29, 0.717) is 30.4 Å². The summed E-state index contributed by atoms with van der Waals surface area (Å²) in [4.78, 5) is 70.9. The van der Waals surface area contributed by atoms with Crippen LogP contribution in [0.1, 0.15) is 267 Å². The standard InChI is InChI=1S/C60H100O10/c1-9-13-17-21-25-29-33-37-50(61)67-44-47-42-48-54-57(7,8)60(54,70-53(64)40-36-32-28-24-20-16-12-4)56(68-51(62)38-34-30-26-22-18-14-10-2)46(6)59(48,49-41-45(5)55(65)58(49,66)43-47)69-52(63)39-35-31-27-23-19-15-11-3/h41-42,46,48-49,54,56,66H,9-40,43-44H2,1-8H3/t46-,48+,49-,54-,56-,58-,59-,60-/m1/s1. The largest absolute Gasteiger partial charge is 0.461 e. The van der Waals surface area contributed by atoms with Crippen molar-refractivity contribution < 1.29 is 48.0 Å². The Kier molecular flexibility index (Phi) is 25.2. The van der Waals surface area contributed by atoms with Crippen LogP contribution in [-0.4, -0.2) is 64.3 Å². The molecule has 0 unspecified atom stereocenters. The lowest BCUT2D eigenvalue weighted by Crippen LogP contribution is -2.67. The second-order valence-corrected chi connectivity index (χ2v) is 22.7. The van der Waals surface area contributed by atoms with Gasteiger partial charge in [0.25, 0.3) is 0 Å². The van der Waals surface area contributed by atoms with Gasteiger partial charge in [-0.25, -0.2) is 0 Å². The number of Topliss-reactive ketones (excluding diaryl/α,β-unsaturated/α-hetero) is 1. The molecule has 10 heteroatoms. The lowest BCUT2D eigenvalue weighted by Gasteiger charge is -2.55. The van der Waals surface area contributed by atoms with Gasteiger partial charge in [-0.3, -0.25) is 24.0 Å². The number of carbonyl (C=O) groups excluding carboxylic acids is 5. The molecule has 4 aliphatic carbocycles. The Morgan fingerprint density at radius 2 is 0.971 bits per heavy atom. The van der Waals surface area contributed by atoms with Gasteiger partial charge in [0.05, 0.1) is 5.92 Å². The van der Waals surface area contributed by atoms with Crippen molar-refractivity contribution in [3.8, 4) is 0 Å². The average molecular weight is 981 g/mol. The van der Waals surface area contributed by atoms with Gasteiger partial charge in [-0.05, 0) is 43.8 Å². The summed E-state index contributed by atoms with van der Waals surface area (Å²) < 4.78 is 26.5. The van der Waals surface area contributed by atoms with Crippen LogP contribution in [-0.2, 0) is 42.9 Å². The molecule has 0 radical (unpaired) electrons. The van der Waals surface area contributed by atoms with Crippen molar-refractivity contribution in [2.24, 2.45) is 29.1 Å². The lowest BCUT2D eigenvalue weighted by molar-refractivity contribution is -0.241. The molecule has 4 aliphatic rings. The number of aliphatic hydroxyl groups is 1. The number of fused-ring (bicyclic) bond motifs is 5. The first-order valence-electron chi connectivity index (χ1n) is 29.1. The summed E-state index contributed by atoms with van der Waals surface area (Å²) in [7, 11) is 0. The summed E-state index contributed by atoms with van der Waals surface area (Å²) in [5.41, 5.74) is -4.81. The van der Waals surface area contributed by atoms with E-state index in [0.717, 1.165) is 103 Å². The minimum Gasteiger partial charge on any atom is -0.461 e. The Labute approximate surface area is 425 Å². The number of carbonyl (C=O) groups is 5. The molecule has 0 aliphatic heterocycles. The molecule has 0 heterocycles. The van der Waals surface area contributed by atoms with Gasteiger partial charge in [0, 0.05) is 55.3 Å². The molecular formula is C60H100O10. The normalized spacial score (nSPS) is 27.3. The number of ketones is 1. The van der Waals surface area contributed by atoms with Crippen LogP contribution in [0.15, 0.2) is 23.3 Å². The molecule has 0 aromatic heterocycles. The molecule has 70 heavy (non-hydrogen) atoms. The van der Waals surface area contributed by atoms with E-state index in [9.17, 15) is 29.1 Å². The lowest BCUT2D eigenvalue weighted by atomic mass is 9.58. The summed E-state index contributed by atoms with van der Waals surface area (Å²) >= 11 is 0. The Bertz CT molecular complexity index is 1710. The van der Waals surface area contributed by atoms with Crippen molar-refractivity contribution in [1.29, 1.82) is 0 Å². The van der Waals surface area contributed by atoms with Gasteiger partial charge in [-0.1, -0.05) is 215 Å². The third kappa shape index (κ3) is 15.3. The van der Waals surface area contributed by atoms with E-state index in [1.54, 1.807) is 13.0 Å². The number of unbranched alkanes of at least 4 members (excludes halogenated alkanes) is 24. The summed E-state index contributed by atoms with van der Waals surface area (Å²) in [6.07, 6.45) is 32.6. The molecule has 8 atom stereocenters. The van der Waals surface area contributed by atoms with Gasteiger partial charge in [0.1, 0.15) is 23.9 Å². The summed E-state index contributed by atoms with van der Waals surface area (Å²) in [6.45, 7) is 16.3. The topological polar surface area (TPSA) is 142 Å². The quantitative estimate of drug-likeness (QED) is 0.0277. The highest BCUT2D eigenvalue weighted by atomic mass is 16.6. The summed E-state index contributed by atoms with van der Waals surface area (Å²) in [6, 6.07) is 0. The number of esters is 4. The van der Waals surface area contributed by atoms with Gasteiger partial charge in [0.15, 0.2) is 11.4 Å². The van der Waals surface area contributed by atoms with Gasteiger partial charge < -0.3 is 24.1 Å². The van der Waals surface area contributed by atoms with Crippen LogP contribution in [0.3, 0.4) is 0 Å². The Balaban J connectivity index is 1.75. The van der Waals surface area contributed by atoms with Crippen molar-refractivity contribution >= 4 is 29.7 Å². The molecule has 0 bridgehead atoms. The van der Waals surface area contributed by atoms with Crippen LogP contribution < -0.4 is 0 Å². The second kappa shape index (κ2) is 29.6. The van der Waals surface area contributed by atoms with Crippen LogP contribution in [0.4, 0.5) is 0 Å². The number of hydrogen-bond acceptors (Lipinski definition) is 10. The molecule has 2 saturated carbocycles. The molecule has 0 saturated heterocycles. The summed E-state index contributed by atoms with van der Waals surface area (Å²) in [5, 5.41) is 13.0. The zero-order chi connectivity index (χ0) is 51.2. The number of rotatable bonds is 37. The fraction of sp³-hybridized carbons (Fsp3) is 0.850. The average Bonchev–Trinajstić information content (AvgIpc) is 3.76. The molecule has 0 spiro atoms. The number of ether oxygens (including phenoxy) is 4. The molecule has 0 amide bonds. The highest BCUT2D eigenvalue weighted by Gasteiger charge is 2.89. The zero-order valence-electron chi connectivity index (χ0n) is 45.7. The predicted octanol–water partition coefficient (Wildman–Crippen LogP) is 14.7. The van der Waals surface area contributed by atoms with Gasteiger partial charge in [0.2, 0.25) is 0 Å². The first kappa shape index (κ1) is 59.6. The third-order valence-corrected chi connectivity index (χ3v) is 16.9. The molecule has 400 valence electrons. The van der Waals surface area contributed by atoms with Crippen molar-refractivity contribution in [3.63, 3.8) is 0 Å². The van der Waals surface area contributed by atoms with E-state index < -0.39 is 69.7 Å². The monoisotopic (exact) mass is 981 g/mol. The maximum atomic E-state index is 14.6. The van der Waals surface area contributed by atoms with Crippen LogP contribution >= 0.6 is 0 Å². The van der Waals surface area contributed by atoms with E-state index in [2.05, 4.69) is 27.7 Å². The van der Waals surface area contributed by atoms with Gasteiger partial charge >= 0.3 is 23.9 Å². The van der Waals surface area contributed by atoms with Crippen LogP contribution in [0.25, 0.3) is 0 Å². The van der Waals surface area contributed by atoms with Gasteiger partial charge in [-0.15, -0.1) is 0 Å². The van der Waals surface area contributed by atoms with Crippen LogP contribution in [0.5, 0.6) is 0 Å². The zero-order valence-corrected chi connectivity index (χ0v) is 45.7. The second-order valence-electron chi connectivity index (χ2n) is 22.7.